The standard InChI is InChI=1S/C12H15FN4O5/c1-6(18)7-8(19)12(14,3-2-4-13)9(22-7)17-5-15-10(20)16-11(17)21/h5-9,18-19H,4,14H2,1H3,(H,16,20,21)/t6-,7-,8+,9-,12?/m1/s1. The number of hydrogen-bond acceptors (Lipinski definition) is 7. The molecule has 1 aliphatic rings. The maximum atomic E-state index is 12.3. The number of aromatic amines is 1. The predicted octanol–water partition coefficient (Wildman–Crippen LogP) is -2.76. The second-order valence-corrected chi connectivity index (χ2v) is 4.89. The highest BCUT2D eigenvalue weighted by Crippen LogP contribution is 2.36. The van der Waals surface area contributed by atoms with Gasteiger partial charge in [0.2, 0.25) is 0 Å². The maximum absolute atomic E-state index is 12.3. The van der Waals surface area contributed by atoms with Crippen LogP contribution >= 0.6 is 0 Å². The maximum Gasteiger partial charge on any atom is 0.350 e. The van der Waals surface area contributed by atoms with E-state index in [-0.39, 0.29) is 0 Å². The van der Waals surface area contributed by atoms with Crippen LogP contribution in [0.25, 0.3) is 0 Å². The molecule has 22 heavy (non-hydrogen) atoms. The first-order valence-electron chi connectivity index (χ1n) is 6.35. The van der Waals surface area contributed by atoms with Gasteiger partial charge in [0, 0.05) is 0 Å². The summed E-state index contributed by atoms with van der Waals surface area (Å²) in [5, 5.41) is 19.9. The molecule has 0 saturated carbocycles. The van der Waals surface area contributed by atoms with Gasteiger partial charge in [0.05, 0.1) is 6.10 Å². The highest BCUT2D eigenvalue weighted by atomic mass is 19.1. The van der Waals surface area contributed by atoms with E-state index in [2.05, 4.69) is 16.8 Å². The van der Waals surface area contributed by atoms with E-state index >= 15 is 0 Å². The third kappa shape index (κ3) is 2.67. The van der Waals surface area contributed by atoms with E-state index in [4.69, 9.17) is 10.5 Å². The lowest BCUT2D eigenvalue weighted by Crippen LogP contribution is -2.55. The summed E-state index contributed by atoms with van der Waals surface area (Å²) in [7, 11) is 0. The average molecular weight is 314 g/mol. The second kappa shape index (κ2) is 5.98. The molecule has 10 heteroatoms. The van der Waals surface area contributed by atoms with Crippen LogP contribution < -0.4 is 17.1 Å². The molecule has 0 spiro atoms. The molecule has 1 aromatic heterocycles. The third-order valence-electron chi connectivity index (χ3n) is 3.34. The smallest absolute Gasteiger partial charge is 0.350 e. The second-order valence-electron chi connectivity index (χ2n) is 4.89. The molecule has 9 nitrogen and oxygen atoms in total. The van der Waals surface area contributed by atoms with Crippen LogP contribution in [0.5, 0.6) is 0 Å². The number of nitrogens with one attached hydrogen (secondary N) is 1. The minimum Gasteiger partial charge on any atom is -0.391 e. The van der Waals surface area contributed by atoms with Crippen molar-refractivity contribution in [2.45, 2.75) is 37.0 Å². The van der Waals surface area contributed by atoms with Gasteiger partial charge in [0.1, 0.15) is 25.2 Å². The Hall–Kier alpha value is -2.06. The summed E-state index contributed by atoms with van der Waals surface area (Å²) in [4.78, 5) is 28.1. The number of aliphatic hydroxyl groups excluding tert-OH is 2. The molecule has 0 radical (unpaired) electrons. The number of ether oxygens (including phenoxy) is 1. The number of aromatic nitrogens is 3. The molecule has 0 aliphatic carbocycles. The summed E-state index contributed by atoms with van der Waals surface area (Å²) in [5.74, 6) is 4.40. The van der Waals surface area contributed by atoms with Gasteiger partial charge in [-0.1, -0.05) is 11.8 Å². The summed E-state index contributed by atoms with van der Waals surface area (Å²) >= 11 is 0. The first-order chi connectivity index (χ1) is 10.3. The van der Waals surface area contributed by atoms with Gasteiger partial charge in [0.15, 0.2) is 11.8 Å². The molecule has 0 bridgehead atoms. The average Bonchev–Trinajstić information content (AvgIpc) is 2.70. The molecule has 1 aromatic rings. The Morgan fingerprint density at radius 3 is 2.91 bits per heavy atom. The Balaban J connectivity index is 2.55. The van der Waals surface area contributed by atoms with Crippen molar-refractivity contribution in [3.05, 3.63) is 27.3 Å². The van der Waals surface area contributed by atoms with E-state index in [1.54, 1.807) is 0 Å². The van der Waals surface area contributed by atoms with Crippen molar-refractivity contribution < 1.29 is 19.3 Å². The van der Waals surface area contributed by atoms with E-state index in [1.165, 1.54) is 6.92 Å². The first kappa shape index (κ1) is 16.3. The largest absolute Gasteiger partial charge is 0.391 e. The summed E-state index contributed by atoms with van der Waals surface area (Å²) < 4.78 is 18.6. The molecule has 120 valence electrons. The van der Waals surface area contributed by atoms with Crippen molar-refractivity contribution in [1.82, 2.24) is 14.5 Å². The Kier molecular flexibility index (Phi) is 4.43. The monoisotopic (exact) mass is 314 g/mol. The minimum atomic E-state index is -1.86. The minimum absolute atomic E-state index is 0.819. The zero-order valence-electron chi connectivity index (χ0n) is 11.6. The molecular formula is C12H15FN4O5. The fraction of sp³-hybridized carbons (Fsp3) is 0.583. The number of alkyl halides is 1. The van der Waals surface area contributed by atoms with Crippen LogP contribution in [-0.4, -0.2) is 55.3 Å². The predicted molar refractivity (Wildman–Crippen MR) is 71.4 cm³/mol. The van der Waals surface area contributed by atoms with Gasteiger partial charge >= 0.3 is 11.4 Å². The first-order valence-corrected chi connectivity index (χ1v) is 6.35. The van der Waals surface area contributed by atoms with Crippen molar-refractivity contribution in [3.8, 4) is 11.8 Å². The molecule has 0 amide bonds. The van der Waals surface area contributed by atoms with Gasteiger partial charge in [-0.05, 0) is 6.92 Å². The number of hydrogen-bond donors (Lipinski definition) is 4. The van der Waals surface area contributed by atoms with E-state index in [9.17, 15) is 24.2 Å². The Morgan fingerprint density at radius 1 is 1.68 bits per heavy atom. The fourth-order valence-electron chi connectivity index (χ4n) is 2.27. The van der Waals surface area contributed by atoms with Gasteiger partial charge in [-0.3, -0.25) is 9.55 Å². The number of halogens is 1. The van der Waals surface area contributed by atoms with Crippen LogP contribution in [0.15, 0.2) is 15.9 Å². The molecule has 5 N–H and O–H groups in total. The Bertz CT molecular complexity index is 720. The lowest BCUT2D eigenvalue weighted by Gasteiger charge is -2.27. The van der Waals surface area contributed by atoms with Crippen LogP contribution in [-0.2, 0) is 4.74 Å². The van der Waals surface area contributed by atoms with E-state index < -0.39 is 48.1 Å². The molecule has 1 saturated heterocycles. The van der Waals surface area contributed by atoms with Crippen LogP contribution in [0.3, 0.4) is 0 Å². The normalized spacial score (nSPS) is 32.3. The molecular weight excluding hydrogens is 299 g/mol. The molecule has 2 heterocycles. The summed E-state index contributed by atoms with van der Waals surface area (Å²) in [5.41, 5.74) is 2.37. The van der Waals surface area contributed by atoms with Crippen molar-refractivity contribution in [2.75, 3.05) is 6.67 Å². The number of nitrogens with zero attached hydrogens (tertiary/aromatic N) is 2. The lowest BCUT2D eigenvalue weighted by molar-refractivity contribution is -0.0782. The number of aliphatic hydroxyl groups is 2. The topological polar surface area (TPSA) is 143 Å². The van der Waals surface area contributed by atoms with Crippen molar-refractivity contribution in [2.24, 2.45) is 5.73 Å². The molecule has 1 unspecified atom stereocenters. The molecule has 2 rings (SSSR count). The lowest BCUT2D eigenvalue weighted by atomic mass is 9.90. The van der Waals surface area contributed by atoms with Gasteiger partial charge in [-0.15, -0.1) is 0 Å². The van der Waals surface area contributed by atoms with Crippen molar-refractivity contribution in [1.29, 1.82) is 0 Å². The summed E-state index contributed by atoms with van der Waals surface area (Å²) in [6.07, 6.45) is -4.25. The Morgan fingerprint density at radius 2 is 2.36 bits per heavy atom. The van der Waals surface area contributed by atoms with Gasteiger partial charge in [-0.25, -0.2) is 14.0 Å². The number of H-pyrrole nitrogens is 1. The molecule has 1 aliphatic heterocycles. The molecule has 0 aromatic carbocycles. The molecule has 5 atom stereocenters. The van der Waals surface area contributed by atoms with Gasteiger partial charge in [0.25, 0.3) is 0 Å². The SMILES string of the molecule is C[C@@H](O)[C@H]1O[C@@H](n2cnc(=O)[nH]c2=O)C(N)(C#CCF)[C@H]1O. The van der Waals surface area contributed by atoms with Gasteiger partial charge in [-0.2, -0.15) is 4.98 Å². The summed E-state index contributed by atoms with van der Waals surface area (Å²) in [6.45, 7) is 0.337. The van der Waals surface area contributed by atoms with Crippen LogP contribution in [0.1, 0.15) is 13.2 Å². The van der Waals surface area contributed by atoms with Crippen molar-refractivity contribution >= 4 is 0 Å². The number of rotatable bonds is 2. The quantitative estimate of drug-likeness (QED) is 0.433. The van der Waals surface area contributed by atoms with Gasteiger partial charge < -0.3 is 20.7 Å². The van der Waals surface area contributed by atoms with E-state index in [0.29, 0.717) is 0 Å². The highest BCUT2D eigenvalue weighted by Gasteiger charge is 2.55. The number of nitrogens with two attached hydrogens (primary N) is 1. The van der Waals surface area contributed by atoms with Crippen LogP contribution in [0.4, 0.5) is 4.39 Å². The zero-order valence-corrected chi connectivity index (χ0v) is 11.6. The fourth-order valence-corrected chi connectivity index (χ4v) is 2.27. The molecule has 1 fully saturated rings. The Labute approximate surface area is 123 Å². The third-order valence-corrected chi connectivity index (χ3v) is 3.34. The summed E-state index contributed by atoms with van der Waals surface area (Å²) in [6, 6.07) is 0. The van der Waals surface area contributed by atoms with Crippen LogP contribution in [0, 0.1) is 11.8 Å². The van der Waals surface area contributed by atoms with E-state index in [0.717, 1.165) is 10.9 Å². The van der Waals surface area contributed by atoms with Crippen LogP contribution in [0.2, 0.25) is 0 Å². The highest BCUT2D eigenvalue weighted by molar-refractivity contribution is 5.26. The van der Waals surface area contributed by atoms with Crippen molar-refractivity contribution in [3.63, 3.8) is 0 Å². The van der Waals surface area contributed by atoms with E-state index in [1.807, 2.05) is 4.98 Å². The zero-order chi connectivity index (χ0) is 16.5.